The summed E-state index contributed by atoms with van der Waals surface area (Å²) in [5.74, 6) is -1.04. The first kappa shape index (κ1) is 16.3. The molecule has 1 amide bonds. The molecule has 1 aromatic rings. The second-order valence-corrected chi connectivity index (χ2v) is 5.31. The Balaban J connectivity index is 2.51. The van der Waals surface area contributed by atoms with Gasteiger partial charge in [0.2, 0.25) is 5.91 Å². The molecule has 20 heavy (non-hydrogen) atoms. The molecule has 0 spiro atoms. The van der Waals surface area contributed by atoms with Gasteiger partial charge in [-0.05, 0) is 32.0 Å². The highest BCUT2D eigenvalue weighted by Gasteiger charge is 2.16. The molecular weight excluding hydrogens is 283 g/mol. The van der Waals surface area contributed by atoms with E-state index in [9.17, 15) is 14.0 Å². The number of ether oxygens (including phenoxy) is 1. The Labute approximate surface area is 121 Å². The van der Waals surface area contributed by atoms with Crippen LogP contribution in [0.4, 0.5) is 15.8 Å². The molecule has 0 aliphatic rings. The third kappa shape index (κ3) is 5.08. The zero-order chi connectivity index (χ0) is 15.1. The van der Waals surface area contributed by atoms with E-state index in [1.54, 1.807) is 13.8 Å². The maximum absolute atomic E-state index is 12.9. The van der Waals surface area contributed by atoms with Gasteiger partial charge in [0.15, 0.2) is 0 Å². The van der Waals surface area contributed by atoms with Crippen LogP contribution in [0.25, 0.3) is 0 Å². The highest BCUT2D eigenvalue weighted by molar-refractivity contribution is 8.01. The number of nitrogens with one attached hydrogen (secondary N) is 1. The van der Waals surface area contributed by atoms with Crippen molar-refractivity contribution in [2.75, 3.05) is 23.4 Å². The van der Waals surface area contributed by atoms with Gasteiger partial charge < -0.3 is 15.8 Å². The van der Waals surface area contributed by atoms with Gasteiger partial charge >= 0.3 is 5.97 Å². The van der Waals surface area contributed by atoms with Gasteiger partial charge in [0.25, 0.3) is 0 Å². The molecule has 5 nitrogen and oxygen atoms in total. The van der Waals surface area contributed by atoms with Gasteiger partial charge in [0.1, 0.15) is 5.82 Å². The third-order valence-electron chi connectivity index (χ3n) is 2.40. The Morgan fingerprint density at radius 1 is 1.50 bits per heavy atom. The van der Waals surface area contributed by atoms with Crippen molar-refractivity contribution < 1.29 is 18.7 Å². The highest BCUT2D eigenvalue weighted by atomic mass is 32.2. The third-order valence-corrected chi connectivity index (χ3v) is 3.51. The van der Waals surface area contributed by atoms with Crippen molar-refractivity contribution in [1.82, 2.24) is 0 Å². The first-order valence-corrected chi connectivity index (χ1v) is 7.12. The van der Waals surface area contributed by atoms with Crippen LogP contribution in [0.1, 0.15) is 13.8 Å². The number of nitrogens with two attached hydrogens (primary N) is 1. The van der Waals surface area contributed by atoms with Crippen LogP contribution >= 0.6 is 11.8 Å². The maximum Gasteiger partial charge on any atom is 0.315 e. The van der Waals surface area contributed by atoms with Crippen molar-refractivity contribution in [3.05, 3.63) is 24.0 Å². The largest absolute Gasteiger partial charge is 0.465 e. The Hall–Kier alpha value is -1.76. The summed E-state index contributed by atoms with van der Waals surface area (Å²) in [6.45, 7) is 3.70. The average Bonchev–Trinajstić information content (AvgIpc) is 2.39. The number of nitrogen functional groups attached to an aromatic ring is 1. The zero-order valence-corrected chi connectivity index (χ0v) is 12.1. The molecule has 3 N–H and O–H groups in total. The summed E-state index contributed by atoms with van der Waals surface area (Å²) in [4.78, 5) is 23.1. The van der Waals surface area contributed by atoms with Gasteiger partial charge in [-0.3, -0.25) is 9.59 Å². The quantitative estimate of drug-likeness (QED) is 0.620. The molecule has 1 atom stereocenters. The molecule has 1 aromatic carbocycles. The molecule has 0 aliphatic heterocycles. The standard InChI is InChI=1S/C13H17FN2O3S/c1-3-19-12(17)7-20-8(2)13(18)16-11-5-4-9(14)6-10(11)15/h4-6,8H,3,7,15H2,1-2H3,(H,16,18). The minimum atomic E-state index is -0.467. The number of hydrogen-bond donors (Lipinski definition) is 2. The van der Waals surface area contributed by atoms with Crippen molar-refractivity contribution in [3.63, 3.8) is 0 Å². The predicted molar refractivity (Wildman–Crippen MR) is 78.0 cm³/mol. The van der Waals surface area contributed by atoms with E-state index in [2.05, 4.69) is 5.32 Å². The fraction of sp³-hybridized carbons (Fsp3) is 0.385. The van der Waals surface area contributed by atoms with Gasteiger partial charge in [0.05, 0.1) is 29.0 Å². The molecule has 0 aromatic heterocycles. The van der Waals surface area contributed by atoms with E-state index in [1.165, 1.54) is 12.1 Å². The van der Waals surface area contributed by atoms with E-state index in [0.29, 0.717) is 12.3 Å². The van der Waals surface area contributed by atoms with Crippen LogP contribution in [0, 0.1) is 5.82 Å². The lowest BCUT2D eigenvalue weighted by Gasteiger charge is -2.13. The van der Waals surface area contributed by atoms with Crippen molar-refractivity contribution >= 4 is 35.0 Å². The van der Waals surface area contributed by atoms with Gasteiger partial charge in [-0.25, -0.2) is 4.39 Å². The SMILES string of the molecule is CCOC(=O)CSC(C)C(=O)Nc1ccc(F)cc1N. The Bertz CT molecular complexity index is 497. The zero-order valence-electron chi connectivity index (χ0n) is 11.3. The molecule has 7 heteroatoms. The van der Waals surface area contributed by atoms with Gasteiger partial charge in [-0.2, -0.15) is 0 Å². The van der Waals surface area contributed by atoms with E-state index < -0.39 is 11.1 Å². The number of hydrogen-bond acceptors (Lipinski definition) is 5. The number of benzene rings is 1. The topological polar surface area (TPSA) is 81.4 Å². The van der Waals surface area contributed by atoms with Crippen molar-refractivity contribution in [2.24, 2.45) is 0 Å². The molecule has 0 saturated carbocycles. The number of halogens is 1. The molecule has 0 saturated heterocycles. The molecule has 0 radical (unpaired) electrons. The highest BCUT2D eigenvalue weighted by Crippen LogP contribution is 2.21. The molecule has 0 heterocycles. The number of esters is 1. The molecule has 0 fully saturated rings. The minimum absolute atomic E-state index is 0.0985. The van der Waals surface area contributed by atoms with E-state index in [1.807, 2.05) is 0 Å². The molecular formula is C13H17FN2O3S. The normalized spacial score (nSPS) is 11.8. The summed E-state index contributed by atoms with van der Waals surface area (Å²) in [6.07, 6.45) is 0. The summed E-state index contributed by atoms with van der Waals surface area (Å²) in [7, 11) is 0. The van der Waals surface area contributed by atoms with Crippen LogP contribution in [0.5, 0.6) is 0 Å². The number of thioether (sulfide) groups is 1. The van der Waals surface area contributed by atoms with E-state index in [4.69, 9.17) is 10.5 Å². The van der Waals surface area contributed by atoms with Crippen molar-refractivity contribution in [2.45, 2.75) is 19.1 Å². The second kappa shape index (κ2) is 7.74. The minimum Gasteiger partial charge on any atom is -0.465 e. The van der Waals surface area contributed by atoms with Crippen LogP contribution in [0.2, 0.25) is 0 Å². The Morgan fingerprint density at radius 2 is 2.20 bits per heavy atom. The van der Waals surface area contributed by atoms with Crippen LogP contribution in [0.3, 0.4) is 0 Å². The number of carbonyl (C=O) groups is 2. The average molecular weight is 300 g/mol. The molecule has 1 unspecified atom stereocenters. The lowest BCUT2D eigenvalue weighted by atomic mass is 10.2. The maximum atomic E-state index is 12.9. The van der Waals surface area contributed by atoms with Crippen molar-refractivity contribution in [3.8, 4) is 0 Å². The fourth-order valence-corrected chi connectivity index (χ4v) is 2.03. The number of amides is 1. The Morgan fingerprint density at radius 3 is 2.80 bits per heavy atom. The first-order chi connectivity index (χ1) is 9.43. The fourth-order valence-electron chi connectivity index (χ4n) is 1.35. The van der Waals surface area contributed by atoms with Gasteiger partial charge in [-0.15, -0.1) is 11.8 Å². The first-order valence-electron chi connectivity index (χ1n) is 6.07. The van der Waals surface area contributed by atoms with E-state index in [-0.39, 0.29) is 23.3 Å². The van der Waals surface area contributed by atoms with Gasteiger partial charge in [-0.1, -0.05) is 0 Å². The van der Waals surface area contributed by atoms with Gasteiger partial charge in [0, 0.05) is 0 Å². The molecule has 110 valence electrons. The monoisotopic (exact) mass is 300 g/mol. The molecule has 0 aliphatic carbocycles. The van der Waals surface area contributed by atoms with E-state index >= 15 is 0 Å². The summed E-state index contributed by atoms with van der Waals surface area (Å²) >= 11 is 1.16. The number of carbonyl (C=O) groups excluding carboxylic acids is 2. The predicted octanol–water partition coefficient (Wildman–Crippen LogP) is 2.03. The van der Waals surface area contributed by atoms with Crippen LogP contribution < -0.4 is 11.1 Å². The second-order valence-electron chi connectivity index (χ2n) is 3.98. The Kier molecular flexibility index (Phi) is 6.30. The van der Waals surface area contributed by atoms with Crippen molar-refractivity contribution in [1.29, 1.82) is 0 Å². The smallest absolute Gasteiger partial charge is 0.315 e. The number of anilines is 2. The summed E-state index contributed by atoms with van der Waals surface area (Å²) in [6, 6.07) is 3.74. The van der Waals surface area contributed by atoms with Crippen LogP contribution in [-0.4, -0.2) is 29.5 Å². The summed E-state index contributed by atoms with van der Waals surface area (Å²) < 4.78 is 17.6. The molecule has 0 bridgehead atoms. The summed E-state index contributed by atoms with van der Waals surface area (Å²) in [5, 5.41) is 2.13. The summed E-state index contributed by atoms with van der Waals surface area (Å²) in [5.41, 5.74) is 6.10. The molecule has 1 rings (SSSR count). The van der Waals surface area contributed by atoms with Crippen LogP contribution in [0.15, 0.2) is 18.2 Å². The number of rotatable bonds is 6. The lowest BCUT2D eigenvalue weighted by molar-refractivity contribution is -0.139. The lowest BCUT2D eigenvalue weighted by Crippen LogP contribution is -2.24. The van der Waals surface area contributed by atoms with E-state index in [0.717, 1.165) is 17.8 Å². The van der Waals surface area contributed by atoms with Crippen LogP contribution in [-0.2, 0) is 14.3 Å².